The highest BCUT2D eigenvalue weighted by atomic mass is 19.1. The molecule has 0 atom stereocenters. The molecule has 1 aromatic heterocycles. The number of carbonyl (C=O) groups excluding carboxylic acids is 2. The van der Waals surface area contributed by atoms with Crippen molar-refractivity contribution in [3.63, 3.8) is 0 Å². The number of nitrogens with zero attached hydrogens (tertiary/aromatic N) is 1. The maximum absolute atomic E-state index is 13.9. The van der Waals surface area contributed by atoms with Crippen LogP contribution in [0, 0.1) is 19.7 Å². The Labute approximate surface area is 169 Å². The van der Waals surface area contributed by atoms with E-state index in [0.29, 0.717) is 24.4 Å². The molecule has 1 N–H and O–H groups in total. The van der Waals surface area contributed by atoms with E-state index in [1.54, 1.807) is 25.1 Å². The molecular weight excluding hydrogens is 371 g/mol. The smallest absolute Gasteiger partial charge is 0.229 e. The molecule has 1 heterocycles. The van der Waals surface area contributed by atoms with E-state index in [0.717, 1.165) is 5.56 Å². The van der Waals surface area contributed by atoms with Crippen LogP contribution in [0.2, 0.25) is 0 Å². The fraction of sp³-hybridized carbons (Fsp3) is 0.261. The summed E-state index contributed by atoms with van der Waals surface area (Å²) in [5.41, 5.74) is 2.97. The number of nitrogens with one attached hydrogen (secondary N) is 1. The zero-order valence-corrected chi connectivity index (χ0v) is 16.5. The summed E-state index contributed by atoms with van der Waals surface area (Å²) in [6.45, 7) is 4.16. The fourth-order valence-electron chi connectivity index (χ4n) is 2.93. The monoisotopic (exact) mass is 394 g/mol. The number of rotatable bonds is 8. The zero-order chi connectivity index (χ0) is 20.8. The maximum Gasteiger partial charge on any atom is 0.229 e. The van der Waals surface area contributed by atoms with Gasteiger partial charge in [0.15, 0.2) is 0 Å². The summed E-state index contributed by atoms with van der Waals surface area (Å²) < 4.78 is 19.4. The van der Waals surface area contributed by atoms with E-state index in [9.17, 15) is 14.0 Å². The minimum atomic E-state index is -0.445. The number of halogens is 1. The van der Waals surface area contributed by atoms with Gasteiger partial charge in [-0.25, -0.2) is 9.37 Å². The van der Waals surface area contributed by atoms with Crippen LogP contribution in [-0.4, -0.2) is 23.2 Å². The number of hydrogen-bond donors (Lipinski definition) is 1. The van der Waals surface area contributed by atoms with Crippen molar-refractivity contribution in [1.29, 1.82) is 0 Å². The molecule has 29 heavy (non-hydrogen) atoms. The minimum Gasteiger partial charge on any atom is -0.441 e. The van der Waals surface area contributed by atoms with Crippen LogP contribution in [0.4, 0.5) is 4.39 Å². The Kier molecular flexibility index (Phi) is 6.54. The molecule has 3 rings (SSSR count). The molecule has 0 aliphatic rings. The van der Waals surface area contributed by atoms with Gasteiger partial charge in [-0.15, -0.1) is 0 Å². The Morgan fingerprint density at radius 1 is 1.07 bits per heavy atom. The van der Waals surface area contributed by atoms with Crippen LogP contribution in [0.3, 0.4) is 0 Å². The normalized spacial score (nSPS) is 10.7. The number of ketones is 1. The minimum absolute atomic E-state index is 0.0326. The van der Waals surface area contributed by atoms with Gasteiger partial charge in [0, 0.05) is 6.54 Å². The van der Waals surface area contributed by atoms with Gasteiger partial charge < -0.3 is 9.73 Å². The first-order valence-electron chi connectivity index (χ1n) is 9.47. The molecule has 0 bridgehead atoms. The van der Waals surface area contributed by atoms with Gasteiger partial charge in [0.2, 0.25) is 11.8 Å². The SMILES string of the molecule is Cc1ccc(CCNC(=O)CC(=O)Cc2nc(-c3ccccc3F)oc2C)cc1. The highest BCUT2D eigenvalue weighted by molar-refractivity contribution is 5.98. The molecule has 0 saturated carbocycles. The Bertz CT molecular complexity index is 1010. The van der Waals surface area contributed by atoms with Gasteiger partial charge >= 0.3 is 0 Å². The van der Waals surface area contributed by atoms with Crippen molar-refractivity contribution in [2.45, 2.75) is 33.1 Å². The first-order chi connectivity index (χ1) is 13.9. The summed E-state index contributed by atoms with van der Waals surface area (Å²) in [5.74, 6) is -0.464. The van der Waals surface area contributed by atoms with Gasteiger partial charge in [0.25, 0.3) is 0 Å². The molecule has 1 amide bonds. The number of carbonyl (C=O) groups is 2. The van der Waals surface area contributed by atoms with Crippen molar-refractivity contribution >= 4 is 11.7 Å². The van der Waals surface area contributed by atoms with Crippen LogP contribution in [0.15, 0.2) is 52.9 Å². The van der Waals surface area contributed by atoms with Gasteiger partial charge in [-0.3, -0.25) is 9.59 Å². The number of benzene rings is 2. The quantitative estimate of drug-likeness (QED) is 0.587. The molecule has 150 valence electrons. The summed E-state index contributed by atoms with van der Waals surface area (Å²) in [6, 6.07) is 14.2. The lowest BCUT2D eigenvalue weighted by Gasteiger charge is -2.05. The molecule has 0 saturated heterocycles. The number of amides is 1. The van der Waals surface area contributed by atoms with Gasteiger partial charge in [-0.2, -0.15) is 0 Å². The van der Waals surface area contributed by atoms with Crippen molar-refractivity contribution < 1.29 is 18.4 Å². The number of hydrogen-bond acceptors (Lipinski definition) is 4. The summed E-state index contributed by atoms with van der Waals surface area (Å²) in [5, 5.41) is 2.76. The number of Topliss-reactive ketones (excluding diaryl/α,β-unsaturated/α-hetero) is 1. The Balaban J connectivity index is 1.50. The Morgan fingerprint density at radius 2 is 1.79 bits per heavy atom. The van der Waals surface area contributed by atoms with Crippen molar-refractivity contribution in [2.24, 2.45) is 0 Å². The van der Waals surface area contributed by atoms with E-state index in [1.807, 2.05) is 31.2 Å². The molecule has 0 radical (unpaired) electrons. The van der Waals surface area contributed by atoms with Crippen LogP contribution < -0.4 is 5.32 Å². The zero-order valence-electron chi connectivity index (χ0n) is 16.5. The van der Waals surface area contributed by atoms with Gasteiger partial charge in [-0.05, 0) is 38.0 Å². The van der Waals surface area contributed by atoms with E-state index in [-0.39, 0.29) is 36.0 Å². The molecule has 0 fully saturated rings. The topological polar surface area (TPSA) is 72.2 Å². The number of aromatic nitrogens is 1. The first-order valence-corrected chi connectivity index (χ1v) is 9.47. The lowest BCUT2D eigenvalue weighted by atomic mass is 10.1. The molecule has 2 aromatic carbocycles. The van der Waals surface area contributed by atoms with Crippen molar-refractivity contribution in [2.75, 3.05) is 6.54 Å². The van der Waals surface area contributed by atoms with Crippen LogP contribution in [0.25, 0.3) is 11.5 Å². The average molecular weight is 394 g/mol. The van der Waals surface area contributed by atoms with Crippen molar-refractivity contribution in [1.82, 2.24) is 10.3 Å². The van der Waals surface area contributed by atoms with Crippen LogP contribution in [0.1, 0.15) is 29.0 Å². The van der Waals surface area contributed by atoms with Crippen molar-refractivity contribution in [3.05, 3.63) is 76.9 Å². The molecular formula is C23H23FN2O3. The lowest BCUT2D eigenvalue weighted by molar-refractivity contribution is -0.127. The first kappa shape index (κ1) is 20.5. The highest BCUT2D eigenvalue weighted by Gasteiger charge is 2.18. The second-order valence-corrected chi connectivity index (χ2v) is 6.98. The standard InChI is InChI=1S/C23H23FN2O3/c1-15-7-9-17(10-8-15)11-12-25-22(28)14-18(27)13-21-16(2)29-23(26-21)19-5-3-4-6-20(19)24/h3-10H,11-14H2,1-2H3,(H,25,28). The molecule has 0 aliphatic carbocycles. The van der Waals surface area contributed by atoms with Crippen LogP contribution in [0.5, 0.6) is 0 Å². The van der Waals surface area contributed by atoms with E-state index < -0.39 is 5.82 Å². The van der Waals surface area contributed by atoms with E-state index in [1.165, 1.54) is 11.6 Å². The highest BCUT2D eigenvalue weighted by Crippen LogP contribution is 2.24. The second-order valence-electron chi connectivity index (χ2n) is 6.98. The Hall–Kier alpha value is -3.28. The van der Waals surface area contributed by atoms with Crippen LogP contribution >= 0.6 is 0 Å². The van der Waals surface area contributed by atoms with Crippen molar-refractivity contribution in [3.8, 4) is 11.5 Å². The fourth-order valence-corrected chi connectivity index (χ4v) is 2.93. The molecule has 0 aliphatic heterocycles. The van der Waals surface area contributed by atoms with E-state index >= 15 is 0 Å². The summed E-state index contributed by atoms with van der Waals surface area (Å²) >= 11 is 0. The number of oxazole rings is 1. The third-order valence-electron chi connectivity index (χ3n) is 4.58. The maximum atomic E-state index is 13.9. The van der Waals surface area contributed by atoms with Crippen LogP contribution in [-0.2, 0) is 22.4 Å². The molecule has 0 unspecified atom stereocenters. The molecule has 3 aromatic rings. The van der Waals surface area contributed by atoms with Gasteiger partial charge in [-0.1, -0.05) is 42.0 Å². The predicted octanol–water partition coefficient (Wildman–Crippen LogP) is 3.96. The van der Waals surface area contributed by atoms with E-state index in [4.69, 9.17) is 4.42 Å². The molecule has 5 nitrogen and oxygen atoms in total. The predicted molar refractivity (Wildman–Crippen MR) is 108 cm³/mol. The lowest BCUT2D eigenvalue weighted by Crippen LogP contribution is -2.28. The van der Waals surface area contributed by atoms with E-state index in [2.05, 4.69) is 10.3 Å². The third-order valence-corrected chi connectivity index (χ3v) is 4.58. The van der Waals surface area contributed by atoms with Gasteiger partial charge in [0.05, 0.1) is 24.1 Å². The molecule has 0 spiro atoms. The summed E-state index contributed by atoms with van der Waals surface area (Å²) in [4.78, 5) is 28.5. The Morgan fingerprint density at radius 3 is 2.52 bits per heavy atom. The average Bonchev–Trinajstić information content (AvgIpc) is 3.03. The summed E-state index contributed by atoms with van der Waals surface area (Å²) in [6.07, 6.45) is 0.443. The molecule has 6 heteroatoms. The second kappa shape index (κ2) is 9.28. The summed E-state index contributed by atoms with van der Waals surface area (Å²) in [7, 11) is 0. The largest absolute Gasteiger partial charge is 0.441 e. The third kappa shape index (κ3) is 5.60. The number of aryl methyl sites for hydroxylation is 2. The van der Waals surface area contributed by atoms with Gasteiger partial charge in [0.1, 0.15) is 17.4 Å².